The first-order chi connectivity index (χ1) is 9.13. The SMILES string of the molecule is Cc1cnc(C(=O)C2CC3CCCC(C2)S3)c(C)c1. The molecule has 1 aromatic rings. The fourth-order valence-corrected chi connectivity index (χ4v) is 5.28. The first kappa shape index (κ1) is 13.2. The van der Waals surface area contributed by atoms with Gasteiger partial charge in [-0.3, -0.25) is 9.78 Å². The number of nitrogens with zero attached hydrogens (tertiary/aromatic N) is 1. The second-order valence-electron chi connectivity index (χ2n) is 6.02. The fraction of sp³-hybridized carbons (Fsp3) is 0.625. The number of pyridine rings is 1. The van der Waals surface area contributed by atoms with E-state index in [1.54, 1.807) is 0 Å². The standard InChI is InChI=1S/C16H21NOS/c1-10-6-11(2)15(17-9-10)16(18)12-7-13-4-3-5-14(8-12)19-13/h6,9,12-14H,3-5,7-8H2,1-2H3. The predicted molar refractivity (Wildman–Crippen MR) is 79.8 cm³/mol. The summed E-state index contributed by atoms with van der Waals surface area (Å²) < 4.78 is 0. The molecule has 2 aliphatic rings. The minimum atomic E-state index is 0.213. The lowest BCUT2D eigenvalue weighted by Crippen LogP contribution is -2.33. The highest BCUT2D eigenvalue weighted by molar-refractivity contribution is 8.00. The highest BCUT2D eigenvalue weighted by atomic mass is 32.2. The molecule has 0 radical (unpaired) electrons. The van der Waals surface area contributed by atoms with Crippen molar-refractivity contribution in [3.05, 3.63) is 29.1 Å². The number of carbonyl (C=O) groups excluding carboxylic acids is 1. The average Bonchev–Trinajstić information content (AvgIpc) is 2.37. The van der Waals surface area contributed by atoms with Crippen molar-refractivity contribution in [2.75, 3.05) is 0 Å². The molecule has 19 heavy (non-hydrogen) atoms. The molecule has 3 heteroatoms. The van der Waals surface area contributed by atoms with E-state index < -0.39 is 0 Å². The van der Waals surface area contributed by atoms with Crippen LogP contribution in [0.25, 0.3) is 0 Å². The minimum Gasteiger partial charge on any atom is -0.292 e. The minimum absolute atomic E-state index is 0.213. The van der Waals surface area contributed by atoms with E-state index in [1.165, 1.54) is 19.3 Å². The van der Waals surface area contributed by atoms with Crippen molar-refractivity contribution < 1.29 is 4.79 Å². The van der Waals surface area contributed by atoms with Gasteiger partial charge in [0.25, 0.3) is 0 Å². The van der Waals surface area contributed by atoms with Crippen LogP contribution in [0, 0.1) is 19.8 Å². The van der Waals surface area contributed by atoms with Gasteiger partial charge >= 0.3 is 0 Å². The van der Waals surface area contributed by atoms with E-state index in [9.17, 15) is 4.79 Å². The van der Waals surface area contributed by atoms with Crippen LogP contribution in [0.1, 0.15) is 53.7 Å². The van der Waals surface area contributed by atoms with E-state index in [0.717, 1.165) is 24.0 Å². The summed E-state index contributed by atoms with van der Waals surface area (Å²) in [6, 6.07) is 2.07. The summed E-state index contributed by atoms with van der Waals surface area (Å²) in [6.45, 7) is 4.03. The molecule has 1 aromatic heterocycles. The van der Waals surface area contributed by atoms with Gasteiger partial charge in [0.1, 0.15) is 5.69 Å². The molecule has 3 rings (SSSR count). The van der Waals surface area contributed by atoms with E-state index in [1.807, 2.05) is 20.0 Å². The predicted octanol–water partition coefficient (Wildman–Crippen LogP) is 3.95. The molecule has 0 spiro atoms. The van der Waals surface area contributed by atoms with Crippen LogP contribution >= 0.6 is 11.8 Å². The highest BCUT2D eigenvalue weighted by Crippen LogP contribution is 2.44. The van der Waals surface area contributed by atoms with Crippen molar-refractivity contribution in [2.24, 2.45) is 5.92 Å². The smallest absolute Gasteiger partial charge is 0.184 e. The second-order valence-corrected chi connectivity index (χ2v) is 7.63. The van der Waals surface area contributed by atoms with Crippen molar-refractivity contribution in [3.8, 4) is 0 Å². The van der Waals surface area contributed by atoms with Crippen LogP contribution in [0.3, 0.4) is 0 Å². The third-order valence-electron chi connectivity index (χ3n) is 4.35. The van der Waals surface area contributed by atoms with Gasteiger partial charge in [0, 0.05) is 22.6 Å². The Labute approximate surface area is 119 Å². The summed E-state index contributed by atoms with van der Waals surface area (Å²) in [6.07, 6.45) is 7.89. The van der Waals surface area contributed by atoms with Crippen LogP contribution in [-0.2, 0) is 0 Å². The molecule has 2 aliphatic heterocycles. The molecule has 2 fully saturated rings. The molecule has 2 nitrogen and oxygen atoms in total. The Balaban J connectivity index is 1.80. The van der Waals surface area contributed by atoms with E-state index in [4.69, 9.17) is 0 Å². The number of thioether (sulfide) groups is 1. The Bertz CT molecular complexity index is 488. The molecule has 2 bridgehead atoms. The molecular formula is C16H21NOS. The highest BCUT2D eigenvalue weighted by Gasteiger charge is 2.36. The monoisotopic (exact) mass is 275 g/mol. The lowest BCUT2D eigenvalue weighted by atomic mass is 9.85. The summed E-state index contributed by atoms with van der Waals surface area (Å²) in [4.78, 5) is 17.1. The number of carbonyl (C=O) groups is 1. The summed E-state index contributed by atoms with van der Waals surface area (Å²) in [5.41, 5.74) is 2.87. The number of hydrogen-bond acceptors (Lipinski definition) is 3. The lowest BCUT2D eigenvalue weighted by molar-refractivity contribution is 0.0891. The number of aryl methyl sites for hydroxylation is 2. The maximum atomic E-state index is 12.7. The summed E-state index contributed by atoms with van der Waals surface area (Å²) >= 11 is 2.12. The van der Waals surface area contributed by atoms with Crippen molar-refractivity contribution in [2.45, 2.75) is 56.5 Å². The molecule has 0 aromatic carbocycles. The molecule has 0 aliphatic carbocycles. The number of ketones is 1. The Kier molecular flexibility index (Phi) is 3.66. The van der Waals surface area contributed by atoms with Crippen LogP contribution in [0.4, 0.5) is 0 Å². The maximum Gasteiger partial charge on any atom is 0.184 e. The molecular weight excluding hydrogens is 254 g/mol. The molecule has 102 valence electrons. The Morgan fingerprint density at radius 2 is 1.95 bits per heavy atom. The van der Waals surface area contributed by atoms with Crippen LogP contribution in [-0.4, -0.2) is 21.3 Å². The quantitative estimate of drug-likeness (QED) is 0.766. The van der Waals surface area contributed by atoms with Crippen LogP contribution < -0.4 is 0 Å². The van der Waals surface area contributed by atoms with Gasteiger partial charge in [-0.25, -0.2) is 0 Å². The van der Waals surface area contributed by atoms with Gasteiger partial charge < -0.3 is 0 Å². The van der Waals surface area contributed by atoms with Gasteiger partial charge in [0.05, 0.1) is 0 Å². The summed E-state index contributed by atoms with van der Waals surface area (Å²) in [5.74, 6) is 0.500. The molecule has 2 unspecified atom stereocenters. The normalized spacial score (nSPS) is 30.1. The second kappa shape index (κ2) is 5.28. The first-order valence-electron chi connectivity index (χ1n) is 7.26. The summed E-state index contributed by atoms with van der Waals surface area (Å²) in [7, 11) is 0. The largest absolute Gasteiger partial charge is 0.292 e. The zero-order valence-electron chi connectivity index (χ0n) is 11.7. The zero-order chi connectivity index (χ0) is 13.4. The third-order valence-corrected chi connectivity index (χ3v) is 5.98. The molecule has 0 N–H and O–H groups in total. The number of Topliss-reactive ketones (excluding diaryl/α,β-unsaturated/α-hetero) is 1. The molecule has 2 atom stereocenters. The zero-order valence-corrected chi connectivity index (χ0v) is 12.5. The number of aromatic nitrogens is 1. The van der Waals surface area contributed by atoms with E-state index in [2.05, 4.69) is 22.8 Å². The lowest BCUT2D eigenvalue weighted by Gasteiger charge is -2.37. The van der Waals surface area contributed by atoms with Gasteiger partial charge in [-0.1, -0.05) is 12.5 Å². The Morgan fingerprint density at radius 3 is 2.58 bits per heavy atom. The fourth-order valence-electron chi connectivity index (χ4n) is 3.44. The number of fused-ring (bicyclic) bond motifs is 2. The van der Waals surface area contributed by atoms with Crippen molar-refractivity contribution in [1.29, 1.82) is 0 Å². The average molecular weight is 275 g/mol. The van der Waals surface area contributed by atoms with Crippen LogP contribution in [0.15, 0.2) is 12.3 Å². The van der Waals surface area contributed by atoms with Gasteiger partial charge in [0.15, 0.2) is 5.78 Å². The van der Waals surface area contributed by atoms with Crippen molar-refractivity contribution >= 4 is 17.5 Å². The van der Waals surface area contributed by atoms with Crippen LogP contribution in [0.5, 0.6) is 0 Å². The number of rotatable bonds is 2. The van der Waals surface area contributed by atoms with E-state index in [-0.39, 0.29) is 11.7 Å². The van der Waals surface area contributed by atoms with Crippen LogP contribution in [0.2, 0.25) is 0 Å². The molecule has 3 heterocycles. The molecule has 0 amide bonds. The van der Waals surface area contributed by atoms with Gasteiger partial charge in [-0.2, -0.15) is 11.8 Å². The van der Waals surface area contributed by atoms with Gasteiger partial charge in [-0.05, 0) is 50.7 Å². The van der Waals surface area contributed by atoms with E-state index in [0.29, 0.717) is 16.2 Å². The summed E-state index contributed by atoms with van der Waals surface area (Å²) in [5, 5.41) is 1.43. The van der Waals surface area contributed by atoms with Gasteiger partial charge in [-0.15, -0.1) is 0 Å². The topological polar surface area (TPSA) is 30.0 Å². The van der Waals surface area contributed by atoms with Crippen molar-refractivity contribution in [1.82, 2.24) is 4.98 Å². The van der Waals surface area contributed by atoms with Crippen molar-refractivity contribution in [3.63, 3.8) is 0 Å². The maximum absolute atomic E-state index is 12.7. The van der Waals surface area contributed by atoms with Gasteiger partial charge in [0.2, 0.25) is 0 Å². The Hall–Kier alpha value is -0.830. The van der Waals surface area contributed by atoms with E-state index >= 15 is 0 Å². The number of hydrogen-bond donors (Lipinski definition) is 0. The Morgan fingerprint density at radius 1 is 1.26 bits per heavy atom. The third kappa shape index (κ3) is 2.71. The molecule has 2 saturated heterocycles. The molecule has 0 saturated carbocycles. The first-order valence-corrected chi connectivity index (χ1v) is 8.20.